The van der Waals surface area contributed by atoms with E-state index in [0.29, 0.717) is 11.1 Å². The number of carbonyl (C=O) groups is 2. The van der Waals surface area contributed by atoms with Crippen LogP contribution < -0.4 is 0 Å². The van der Waals surface area contributed by atoms with Crippen molar-refractivity contribution >= 4 is 55.7 Å². The molecule has 0 aliphatic heterocycles. The molecule has 0 unspecified atom stereocenters. The Kier molecular flexibility index (Phi) is 2.54. The first-order chi connectivity index (χ1) is 11.8. The fourth-order valence-electron chi connectivity index (χ4n) is 4.00. The SMILES string of the molecule is O=Cc1cc2cccc3c4cccc5cccc(c(c1C=O)c23)c54. The van der Waals surface area contributed by atoms with Crippen LogP contribution in [0.25, 0.3) is 43.1 Å². The van der Waals surface area contributed by atoms with Gasteiger partial charge in [-0.3, -0.25) is 9.59 Å². The largest absolute Gasteiger partial charge is 0.298 e. The first-order valence-corrected chi connectivity index (χ1v) is 7.86. The van der Waals surface area contributed by atoms with Gasteiger partial charge in [-0.25, -0.2) is 0 Å². The lowest BCUT2D eigenvalue weighted by Gasteiger charge is -2.16. The molecule has 5 rings (SSSR count). The highest BCUT2D eigenvalue weighted by molar-refractivity contribution is 6.35. The minimum atomic E-state index is 0.445. The highest BCUT2D eigenvalue weighted by atomic mass is 16.1. The summed E-state index contributed by atoms with van der Waals surface area (Å²) in [5.74, 6) is 0. The molecule has 0 aliphatic rings. The molecule has 0 saturated heterocycles. The lowest BCUT2D eigenvalue weighted by Crippen LogP contribution is -1.96. The number of hydrogen-bond acceptors (Lipinski definition) is 2. The van der Waals surface area contributed by atoms with Crippen LogP contribution >= 0.6 is 0 Å². The first kappa shape index (κ1) is 13.2. The Hall–Kier alpha value is -3.26. The van der Waals surface area contributed by atoms with E-state index >= 15 is 0 Å². The number of benzene rings is 5. The molecule has 0 saturated carbocycles. The number of hydrogen-bond donors (Lipinski definition) is 0. The Bertz CT molecular complexity index is 1280. The smallest absolute Gasteiger partial charge is 0.151 e. The van der Waals surface area contributed by atoms with E-state index in [1.165, 1.54) is 5.39 Å². The van der Waals surface area contributed by atoms with Crippen LogP contribution in [0.15, 0.2) is 60.7 Å². The second kappa shape index (κ2) is 4.62. The molecule has 2 nitrogen and oxygen atoms in total. The molecule has 5 aromatic rings. The number of fused-ring (bicyclic) bond motifs is 2. The maximum absolute atomic E-state index is 11.8. The third kappa shape index (κ3) is 1.50. The predicted octanol–water partition coefficient (Wildman–Crippen LogP) is 5.36. The van der Waals surface area contributed by atoms with E-state index in [1.54, 1.807) is 0 Å². The minimum Gasteiger partial charge on any atom is -0.298 e. The molecule has 0 aromatic heterocycles. The topological polar surface area (TPSA) is 34.1 Å². The van der Waals surface area contributed by atoms with Crippen molar-refractivity contribution in [2.75, 3.05) is 0 Å². The van der Waals surface area contributed by atoms with E-state index in [1.807, 2.05) is 30.3 Å². The number of rotatable bonds is 2. The molecule has 0 amide bonds. The Labute approximate surface area is 137 Å². The summed E-state index contributed by atoms with van der Waals surface area (Å²) < 4.78 is 0. The van der Waals surface area contributed by atoms with Crippen molar-refractivity contribution in [3.8, 4) is 0 Å². The van der Waals surface area contributed by atoms with E-state index in [0.717, 1.165) is 50.3 Å². The minimum absolute atomic E-state index is 0.445. The van der Waals surface area contributed by atoms with Crippen LogP contribution in [0.5, 0.6) is 0 Å². The van der Waals surface area contributed by atoms with Crippen LogP contribution in [0.2, 0.25) is 0 Å². The number of carbonyl (C=O) groups excluding carboxylic acids is 2. The van der Waals surface area contributed by atoms with Gasteiger partial charge in [0.05, 0.1) is 0 Å². The average Bonchev–Trinajstić information content (AvgIpc) is 2.64. The van der Waals surface area contributed by atoms with Gasteiger partial charge in [-0.15, -0.1) is 0 Å². The van der Waals surface area contributed by atoms with Crippen molar-refractivity contribution in [1.82, 2.24) is 0 Å². The van der Waals surface area contributed by atoms with E-state index in [-0.39, 0.29) is 0 Å². The average molecular weight is 308 g/mol. The molecule has 0 aliphatic carbocycles. The van der Waals surface area contributed by atoms with Gasteiger partial charge in [-0.05, 0) is 43.8 Å². The molecule has 2 heteroatoms. The van der Waals surface area contributed by atoms with Gasteiger partial charge in [0.25, 0.3) is 0 Å². The van der Waals surface area contributed by atoms with Gasteiger partial charge in [0.2, 0.25) is 0 Å². The van der Waals surface area contributed by atoms with Crippen molar-refractivity contribution in [3.63, 3.8) is 0 Å². The van der Waals surface area contributed by atoms with Gasteiger partial charge in [-0.1, -0.05) is 54.6 Å². The quantitative estimate of drug-likeness (QED) is 0.250. The Morgan fingerprint density at radius 2 is 1.21 bits per heavy atom. The molecule has 0 N–H and O–H groups in total. The molecule has 0 radical (unpaired) electrons. The van der Waals surface area contributed by atoms with Gasteiger partial charge in [-0.2, -0.15) is 0 Å². The zero-order valence-corrected chi connectivity index (χ0v) is 12.7. The van der Waals surface area contributed by atoms with Gasteiger partial charge in [0, 0.05) is 16.5 Å². The molecular formula is C22H12O2. The van der Waals surface area contributed by atoms with Crippen LogP contribution in [0, 0.1) is 0 Å². The zero-order valence-electron chi connectivity index (χ0n) is 12.7. The normalized spacial score (nSPS) is 11.7. The standard InChI is InChI=1S/C22H12O2/c23-11-15-10-14-6-3-8-17-16-7-1-4-13-5-2-9-18(20(13)16)22(21(14)17)19(15)12-24/h1-12H. The summed E-state index contributed by atoms with van der Waals surface area (Å²) in [5.41, 5.74) is 0.924. The third-order valence-corrected chi connectivity index (χ3v) is 4.95. The summed E-state index contributed by atoms with van der Waals surface area (Å²) in [6.07, 6.45) is 1.58. The lowest BCUT2D eigenvalue weighted by molar-refractivity contribution is 0.109. The van der Waals surface area contributed by atoms with Crippen LogP contribution in [-0.2, 0) is 0 Å². The molecule has 0 bridgehead atoms. The van der Waals surface area contributed by atoms with Gasteiger partial charge in [0.15, 0.2) is 12.6 Å². The van der Waals surface area contributed by atoms with Gasteiger partial charge < -0.3 is 0 Å². The summed E-state index contributed by atoms with van der Waals surface area (Å²) in [7, 11) is 0. The molecule has 0 fully saturated rings. The van der Waals surface area contributed by atoms with E-state index < -0.39 is 0 Å². The summed E-state index contributed by atoms with van der Waals surface area (Å²) in [6, 6.07) is 20.3. The van der Waals surface area contributed by atoms with Crippen molar-refractivity contribution in [2.24, 2.45) is 0 Å². The highest BCUT2D eigenvalue weighted by Gasteiger charge is 2.17. The predicted molar refractivity (Wildman–Crippen MR) is 98.4 cm³/mol. The summed E-state index contributed by atoms with van der Waals surface area (Å²) >= 11 is 0. The van der Waals surface area contributed by atoms with E-state index in [4.69, 9.17) is 0 Å². The number of aldehydes is 2. The molecule has 112 valence electrons. The van der Waals surface area contributed by atoms with Crippen molar-refractivity contribution in [3.05, 3.63) is 71.8 Å². The monoisotopic (exact) mass is 308 g/mol. The second-order valence-electron chi connectivity index (χ2n) is 6.10. The van der Waals surface area contributed by atoms with Gasteiger partial charge in [0.1, 0.15) is 0 Å². The molecular weight excluding hydrogens is 296 g/mol. The van der Waals surface area contributed by atoms with Gasteiger partial charge >= 0.3 is 0 Å². The molecule has 5 aromatic carbocycles. The highest BCUT2D eigenvalue weighted by Crippen LogP contribution is 2.41. The summed E-state index contributed by atoms with van der Waals surface area (Å²) in [6.45, 7) is 0. The van der Waals surface area contributed by atoms with Crippen molar-refractivity contribution < 1.29 is 9.59 Å². The second-order valence-corrected chi connectivity index (χ2v) is 6.10. The lowest BCUT2D eigenvalue weighted by atomic mass is 9.86. The Balaban J connectivity index is 2.29. The molecule has 0 atom stereocenters. The van der Waals surface area contributed by atoms with Crippen LogP contribution in [0.1, 0.15) is 20.7 Å². The molecule has 0 spiro atoms. The Morgan fingerprint density at radius 1 is 0.583 bits per heavy atom. The maximum Gasteiger partial charge on any atom is 0.151 e. The fourth-order valence-corrected chi connectivity index (χ4v) is 4.00. The summed E-state index contributed by atoms with van der Waals surface area (Å²) in [5, 5.41) is 8.52. The molecule has 24 heavy (non-hydrogen) atoms. The third-order valence-electron chi connectivity index (χ3n) is 4.95. The zero-order chi connectivity index (χ0) is 16.3. The fraction of sp³-hybridized carbons (Fsp3) is 0. The van der Waals surface area contributed by atoms with Crippen LogP contribution in [-0.4, -0.2) is 12.6 Å². The van der Waals surface area contributed by atoms with Crippen LogP contribution in [0.4, 0.5) is 0 Å². The first-order valence-electron chi connectivity index (χ1n) is 7.86. The van der Waals surface area contributed by atoms with Crippen molar-refractivity contribution in [1.29, 1.82) is 0 Å². The van der Waals surface area contributed by atoms with E-state index in [2.05, 4.69) is 30.3 Å². The molecule has 0 heterocycles. The van der Waals surface area contributed by atoms with Crippen LogP contribution in [0.3, 0.4) is 0 Å². The Morgan fingerprint density at radius 3 is 1.88 bits per heavy atom. The van der Waals surface area contributed by atoms with E-state index in [9.17, 15) is 9.59 Å². The maximum atomic E-state index is 11.8. The summed E-state index contributed by atoms with van der Waals surface area (Å²) in [4.78, 5) is 23.3. The van der Waals surface area contributed by atoms with Crippen molar-refractivity contribution in [2.45, 2.75) is 0 Å².